The third kappa shape index (κ3) is 3.62. The molecule has 0 radical (unpaired) electrons. The summed E-state index contributed by atoms with van der Waals surface area (Å²) in [7, 11) is 1.57. The van der Waals surface area contributed by atoms with Gasteiger partial charge in [-0.3, -0.25) is 4.79 Å². The number of carbonyl (C=O) groups excluding carboxylic acids is 2. The highest BCUT2D eigenvalue weighted by molar-refractivity contribution is 6.09. The van der Waals surface area contributed by atoms with Crippen molar-refractivity contribution in [3.8, 4) is 17.5 Å². The van der Waals surface area contributed by atoms with Crippen LogP contribution >= 0.6 is 0 Å². The molecular formula is C23H20N4O4. The lowest BCUT2D eigenvalue weighted by Gasteiger charge is -2.27. The van der Waals surface area contributed by atoms with E-state index in [0.717, 1.165) is 0 Å². The molecule has 1 amide bonds. The van der Waals surface area contributed by atoms with Crippen LogP contribution in [0.1, 0.15) is 39.0 Å². The summed E-state index contributed by atoms with van der Waals surface area (Å²) in [5.74, 6) is -0.156. The van der Waals surface area contributed by atoms with Crippen molar-refractivity contribution in [1.29, 1.82) is 5.26 Å². The van der Waals surface area contributed by atoms with Crippen LogP contribution in [-0.4, -0.2) is 41.9 Å². The van der Waals surface area contributed by atoms with Gasteiger partial charge in [-0.1, -0.05) is 0 Å². The van der Waals surface area contributed by atoms with Gasteiger partial charge in [0.05, 0.1) is 31.0 Å². The molecule has 0 bridgehead atoms. The first-order valence-corrected chi connectivity index (χ1v) is 9.82. The summed E-state index contributed by atoms with van der Waals surface area (Å²) in [6.45, 7) is 2.33. The van der Waals surface area contributed by atoms with Crippen LogP contribution in [0.15, 0.2) is 48.5 Å². The molecule has 1 aliphatic heterocycles. The molecule has 0 saturated carbocycles. The van der Waals surface area contributed by atoms with Gasteiger partial charge in [-0.25, -0.2) is 9.48 Å². The number of amides is 1. The van der Waals surface area contributed by atoms with Crippen LogP contribution in [0, 0.1) is 11.3 Å². The van der Waals surface area contributed by atoms with Gasteiger partial charge in [-0.2, -0.15) is 10.4 Å². The van der Waals surface area contributed by atoms with Gasteiger partial charge in [0.25, 0.3) is 5.91 Å². The van der Waals surface area contributed by atoms with Crippen LogP contribution in [0.25, 0.3) is 5.69 Å². The third-order valence-electron chi connectivity index (χ3n) is 5.11. The fourth-order valence-corrected chi connectivity index (χ4v) is 3.60. The first kappa shape index (κ1) is 20.2. The highest BCUT2D eigenvalue weighted by atomic mass is 16.5. The zero-order chi connectivity index (χ0) is 22.0. The third-order valence-corrected chi connectivity index (χ3v) is 5.11. The Morgan fingerprint density at radius 3 is 2.42 bits per heavy atom. The van der Waals surface area contributed by atoms with Gasteiger partial charge in [0.1, 0.15) is 11.4 Å². The summed E-state index contributed by atoms with van der Waals surface area (Å²) in [6.07, 6.45) is 0.450. The Balaban J connectivity index is 1.81. The van der Waals surface area contributed by atoms with Crippen molar-refractivity contribution in [3.63, 3.8) is 0 Å². The van der Waals surface area contributed by atoms with Crippen LogP contribution in [-0.2, 0) is 11.2 Å². The Bertz CT molecular complexity index is 1170. The quantitative estimate of drug-likeness (QED) is 0.593. The molecule has 3 aromatic rings. The van der Waals surface area contributed by atoms with Crippen molar-refractivity contribution in [3.05, 3.63) is 71.0 Å². The number of nitrogens with zero attached hydrogens (tertiary/aromatic N) is 4. The SMILES string of the molecule is CCOC(=O)c1nn(-c2ccc(OC)cc2)c2c1CCN(c1ccc(C#N)cc1)C2=O. The number of anilines is 1. The lowest BCUT2D eigenvalue weighted by atomic mass is 10.0. The summed E-state index contributed by atoms with van der Waals surface area (Å²) in [4.78, 5) is 27.6. The van der Waals surface area contributed by atoms with Crippen LogP contribution in [0.4, 0.5) is 5.69 Å². The Labute approximate surface area is 179 Å². The molecule has 0 atom stereocenters. The zero-order valence-corrected chi connectivity index (χ0v) is 17.2. The average molecular weight is 416 g/mol. The van der Waals surface area contributed by atoms with Gasteiger partial charge in [-0.15, -0.1) is 0 Å². The number of aromatic nitrogens is 2. The standard InChI is InChI=1S/C23H20N4O4/c1-3-31-23(29)20-19-12-13-26(16-6-4-15(14-24)5-7-16)22(28)21(19)27(25-20)17-8-10-18(30-2)11-9-17/h4-11H,3,12-13H2,1-2H3. The molecule has 1 aliphatic rings. The first-order chi connectivity index (χ1) is 15.1. The van der Waals surface area contributed by atoms with E-state index in [-0.39, 0.29) is 18.2 Å². The summed E-state index contributed by atoms with van der Waals surface area (Å²) in [5.41, 5.74) is 2.87. The average Bonchev–Trinajstić information content (AvgIpc) is 3.20. The summed E-state index contributed by atoms with van der Waals surface area (Å²) in [6, 6.07) is 16.0. The Morgan fingerprint density at radius 2 is 1.81 bits per heavy atom. The van der Waals surface area contributed by atoms with E-state index < -0.39 is 5.97 Å². The molecule has 0 fully saturated rings. The number of rotatable bonds is 5. The molecule has 2 heterocycles. The van der Waals surface area contributed by atoms with Crippen molar-refractivity contribution in [2.24, 2.45) is 0 Å². The number of methoxy groups -OCH3 is 1. The Kier molecular flexibility index (Phi) is 5.41. The minimum atomic E-state index is -0.550. The molecule has 156 valence electrons. The van der Waals surface area contributed by atoms with Crippen LogP contribution in [0.2, 0.25) is 0 Å². The molecular weight excluding hydrogens is 396 g/mol. The highest BCUT2D eigenvalue weighted by Gasteiger charge is 2.35. The lowest BCUT2D eigenvalue weighted by Crippen LogP contribution is -2.39. The topological polar surface area (TPSA) is 97.4 Å². The predicted molar refractivity (Wildman–Crippen MR) is 113 cm³/mol. The molecule has 4 rings (SSSR count). The molecule has 0 saturated heterocycles. The lowest BCUT2D eigenvalue weighted by molar-refractivity contribution is 0.0517. The van der Waals surface area contributed by atoms with E-state index in [2.05, 4.69) is 11.2 Å². The highest BCUT2D eigenvalue weighted by Crippen LogP contribution is 2.29. The Morgan fingerprint density at radius 1 is 1.13 bits per heavy atom. The maximum Gasteiger partial charge on any atom is 0.359 e. The number of hydrogen-bond donors (Lipinski definition) is 0. The van der Waals surface area contributed by atoms with Crippen molar-refractivity contribution >= 4 is 17.6 Å². The summed E-state index contributed by atoms with van der Waals surface area (Å²) >= 11 is 0. The molecule has 0 unspecified atom stereocenters. The zero-order valence-electron chi connectivity index (χ0n) is 17.2. The van der Waals surface area contributed by atoms with E-state index in [1.807, 2.05) is 0 Å². The second-order valence-electron chi connectivity index (χ2n) is 6.87. The molecule has 8 nitrogen and oxygen atoms in total. The van der Waals surface area contributed by atoms with Gasteiger partial charge < -0.3 is 14.4 Å². The summed E-state index contributed by atoms with van der Waals surface area (Å²) in [5, 5.41) is 13.5. The van der Waals surface area contributed by atoms with E-state index in [1.54, 1.807) is 67.5 Å². The van der Waals surface area contributed by atoms with Crippen molar-refractivity contribution in [2.45, 2.75) is 13.3 Å². The van der Waals surface area contributed by atoms with Crippen LogP contribution in [0.3, 0.4) is 0 Å². The monoisotopic (exact) mass is 416 g/mol. The van der Waals surface area contributed by atoms with E-state index in [9.17, 15) is 9.59 Å². The maximum atomic E-state index is 13.5. The van der Waals surface area contributed by atoms with E-state index >= 15 is 0 Å². The van der Waals surface area contributed by atoms with Crippen molar-refractivity contribution < 1.29 is 19.1 Å². The molecule has 1 aromatic heterocycles. The molecule has 2 aromatic carbocycles. The van der Waals surface area contributed by atoms with E-state index in [1.165, 1.54) is 4.68 Å². The second kappa shape index (κ2) is 8.32. The smallest absolute Gasteiger partial charge is 0.359 e. The largest absolute Gasteiger partial charge is 0.497 e. The van der Waals surface area contributed by atoms with Crippen molar-refractivity contribution in [1.82, 2.24) is 9.78 Å². The van der Waals surface area contributed by atoms with Crippen molar-refractivity contribution in [2.75, 3.05) is 25.2 Å². The number of benzene rings is 2. The molecule has 31 heavy (non-hydrogen) atoms. The normalized spacial score (nSPS) is 12.8. The van der Waals surface area contributed by atoms with Crippen LogP contribution in [0.5, 0.6) is 5.75 Å². The number of esters is 1. The van der Waals surface area contributed by atoms with Crippen LogP contribution < -0.4 is 9.64 Å². The predicted octanol–water partition coefficient (Wildman–Crippen LogP) is 3.13. The number of carbonyl (C=O) groups is 2. The number of nitriles is 1. The molecule has 0 N–H and O–H groups in total. The number of ether oxygens (including phenoxy) is 2. The van der Waals surface area contributed by atoms with E-state index in [4.69, 9.17) is 14.7 Å². The minimum absolute atomic E-state index is 0.153. The van der Waals surface area contributed by atoms with Gasteiger partial charge in [0, 0.05) is 17.8 Å². The fraction of sp³-hybridized carbons (Fsp3) is 0.217. The fourth-order valence-electron chi connectivity index (χ4n) is 3.60. The second-order valence-corrected chi connectivity index (χ2v) is 6.87. The minimum Gasteiger partial charge on any atom is -0.497 e. The maximum absolute atomic E-state index is 13.5. The van der Waals surface area contributed by atoms with E-state index in [0.29, 0.717) is 46.9 Å². The first-order valence-electron chi connectivity index (χ1n) is 9.82. The van der Waals surface area contributed by atoms with Gasteiger partial charge >= 0.3 is 5.97 Å². The summed E-state index contributed by atoms with van der Waals surface area (Å²) < 4.78 is 11.9. The van der Waals surface area contributed by atoms with Gasteiger partial charge in [-0.05, 0) is 61.9 Å². The van der Waals surface area contributed by atoms with Gasteiger partial charge in [0.15, 0.2) is 5.69 Å². The number of fused-ring (bicyclic) bond motifs is 1. The number of hydrogen-bond acceptors (Lipinski definition) is 6. The Hall–Kier alpha value is -4.12. The molecule has 8 heteroatoms. The molecule has 0 spiro atoms. The molecule has 0 aliphatic carbocycles. The van der Waals surface area contributed by atoms with Gasteiger partial charge in [0.2, 0.25) is 0 Å².